The standard InChI is InChI=1S/C27H22BrNO6/c1-33-17-9-7-15(8-10-17)11-12-29-23(16-13-19(28)25(31)21(14-16)34-2)22-24(30)18-5-3-4-6-20(18)35-26(22)27(29)32/h3-10,13-14,23,31H,11-12H2,1-2H3. The molecule has 35 heavy (non-hydrogen) atoms. The maximum Gasteiger partial charge on any atom is 0.290 e. The first-order valence-electron chi connectivity index (χ1n) is 11.0. The van der Waals surface area contributed by atoms with E-state index in [1.807, 2.05) is 24.3 Å². The van der Waals surface area contributed by atoms with Crippen LogP contribution in [0.15, 0.2) is 74.3 Å². The van der Waals surface area contributed by atoms with E-state index in [1.165, 1.54) is 7.11 Å². The average molecular weight is 536 g/mol. The Balaban J connectivity index is 1.64. The molecule has 0 fully saturated rings. The smallest absolute Gasteiger partial charge is 0.290 e. The Morgan fingerprint density at radius 1 is 1.03 bits per heavy atom. The molecule has 1 atom stereocenters. The molecule has 1 aliphatic rings. The highest BCUT2D eigenvalue weighted by Gasteiger charge is 2.43. The second kappa shape index (κ2) is 9.11. The van der Waals surface area contributed by atoms with E-state index in [-0.39, 0.29) is 34.2 Å². The van der Waals surface area contributed by atoms with Crippen molar-refractivity contribution in [2.45, 2.75) is 12.5 Å². The number of benzene rings is 3. The number of nitrogens with zero attached hydrogens (tertiary/aromatic N) is 1. The van der Waals surface area contributed by atoms with Crippen LogP contribution < -0.4 is 14.9 Å². The number of phenolic OH excluding ortho intramolecular Hbond substituents is 1. The number of carbonyl (C=O) groups excluding carboxylic acids is 1. The number of methoxy groups -OCH3 is 2. The third kappa shape index (κ3) is 3.93. The third-order valence-corrected chi connectivity index (χ3v) is 6.86. The summed E-state index contributed by atoms with van der Waals surface area (Å²) in [5.41, 5.74) is 2.03. The van der Waals surface area contributed by atoms with Crippen LogP contribution in [-0.4, -0.2) is 36.7 Å². The summed E-state index contributed by atoms with van der Waals surface area (Å²) in [7, 11) is 3.06. The molecule has 1 amide bonds. The van der Waals surface area contributed by atoms with Crippen LogP contribution in [0.4, 0.5) is 0 Å². The Morgan fingerprint density at radius 3 is 2.49 bits per heavy atom. The number of ether oxygens (including phenoxy) is 2. The zero-order valence-corrected chi connectivity index (χ0v) is 20.7. The molecule has 0 radical (unpaired) electrons. The second-order valence-corrected chi connectivity index (χ2v) is 9.08. The Bertz CT molecular complexity index is 1490. The zero-order valence-electron chi connectivity index (χ0n) is 19.1. The number of aromatic hydroxyl groups is 1. The maximum absolute atomic E-state index is 13.6. The number of carbonyl (C=O) groups is 1. The van der Waals surface area contributed by atoms with Crippen LogP contribution in [0.3, 0.4) is 0 Å². The predicted molar refractivity (Wildman–Crippen MR) is 134 cm³/mol. The Kier molecular flexibility index (Phi) is 5.98. The van der Waals surface area contributed by atoms with Crippen molar-refractivity contribution in [2.24, 2.45) is 0 Å². The van der Waals surface area contributed by atoms with Gasteiger partial charge in [-0.25, -0.2) is 0 Å². The summed E-state index contributed by atoms with van der Waals surface area (Å²) in [5.74, 6) is 0.603. The van der Waals surface area contributed by atoms with E-state index in [0.717, 1.165) is 11.3 Å². The highest BCUT2D eigenvalue weighted by Crippen LogP contribution is 2.43. The summed E-state index contributed by atoms with van der Waals surface area (Å²) in [4.78, 5) is 28.8. The number of amides is 1. The fourth-order valence-corrected chi connectivity index (χ4v) is 4.95. The molecule has 0 saturated carbocycles. The first-order valence-corrected chi connectivity index (χ1v) is 11.8. The van der Waals surface area contributed by atoms with E-state index in [4.69, 9.17) is 13.9 Å². The van der Waals surface area contributed by atoms with Crippen molar-refractivity contribution in [3.8, 4) is 17.2 Å². The first kappa shape index (κ1) is 23.0. The molecule has 4 aromatic rings. The number of hydrogen-bond donors (Lipinski definition) is 1. The molecule has 1 unspecified atom stereocenters. The van der Waals surface area contributed by atoms with Crippen molar-refractivity contribution in [1.29, 1.82) is 0 Å². The summed E-state index contributed by atoms with van der Waals surface area (Å²) < 4.78 is 16.9. The maximum atomic E-state index is 13.6. The van der Waals surface area contributed by atoms with Gasteiger partial charge >= 0.3 is 0 Å². The molecule has 8 heteroatoms. The molecular formula is C27H22BrNO6. The van der Waals surface area contributed by atoms with Gasteiger partial charge in [0, 0.05) is 6.54 Å². The van der Waals surface area contributed by atoms with Gasteiger partial charge in [0.25, 0.3) is 5.91 Å². The highest BCUT2D eigenvalue weighted by molar-refractivity contribution is 9.10. The van der Waals surface area contributed by atoms with Crippen molar-refractivity contribution < 1.29 is 23.8 Å². The monoisotopic (exact) mass is 535 g/mol. The van der Waals surface area contributed by atoms with Crippen molar-refractivity contribution in [2.75, 3.05) is 20.8 Å². The lowest BCUT2D eigenvalue weighted by Gasteiger charge is -2.26. The van der Waals surface area contributed by atoms with Gasteiger partial charge in [0.1, 0.15) is 11.3 Å². The largest absolute Gasteiger partial charge is 0.503 e. The van der Waals surface area contributed by atoms with Crippen molar-refractivity contribution >= 4 is 32.8 Å². The van der Waals surface area contributed by atoms with Crippen LogP contribution in [0.25, 0.3) is 11.0 Å². The lowest BCUT2D eigenvalue weighted by atomic mass is 9.97. The molecule has 7 nitrogen and oxygen atoms in total. The van der Waals surface area contributed by atoms with Crippen LogP contribution in [0.1, 0.15) is 33.3 Å². The summed E-state index contributed by atoms with van der Waals surface area (Å²) in [6.45, 7) is 0.344. The van der Waals surface area contributed by atoms with Crippen molar-refractivity contribution in [1.82, 2.24) is 4.90 Å². The number of para-hydroxylation sites is 1. The minimum Gasteiger partial charge on any atom is -0.503 e. The van der Waals surface area contributed by atoms with Gasteiger partial charge in [0.15, 0.2) is 16.9 Å². The lowest BCUT2D eigenvalue weighted by Crippen LogP contribution is -2.31. The number of fused-ring (bicyclic) bond motifs is 2. The van der Waals surface area contributed by atoms with E-state index in [9.17, 15) is 14.7 Å². The van der Waals surface area contributed by atoms with Gasteiger partial charge < -0.3 is 23.9 Å². The molecule has 178 valence electrons. The van der Waals surface area contributed by atoms with Crippen LogP contribution in [-0.2, 0) is 6.42 Å². The molecule has 0 spiro atoms. The first-order chi connectivity index (χ1) is 16.9. The molecular weight excluding hydrogens is 514 g/mol. The molecule has 0 saturated heterocycles. The van der Waals surface area contributed by atoms with Crippen molar-refractivity contribution in [3.05, 3.63) is 97.8 Å². The molecule has 3 aromatic carbocycles. The van der Waals surface area contributed by atoms with E-state index in [1.54, 1.807) is 48.4 Å². The minimum atomic E-state index is -0.706. The van der Waals surface area contributed by atoms with Gasteiger partial charge in [-0.15, -0.1) is 0 Å². The normalized spacial score (nSPS) is 14.9. The molecule has 0 aliphatic carbocycles. The summed E-state index contributed by atoms with van der Waals surface area (Å²) in [5, 5.41) is 10.7. The highest BCUT2D eigenvalue weighted by atomic mass is 79.9. The van der Waals surface area contributed by atoms with Crippen LogP contribution >= 0.6 is 15.9 Å². The Labute approximate surface area is 209 Å². The topological polar surface area (TPSA) is 89.2 Å². The van der Waals surface area contributed by atoms with Crippen LogP contribution in [0, 0.1) is 0 Å². The predicted octanol–water partition coefficient (Wildman–Crippen LogP) is 5.07. The van der Waals surface area contributed by atoms with Crippen LogP contribution in [0.5, 0.6) is 17.2 Å². The van der Waals surface area contributed by atoms with Crippen molar-refractivity contribution in [3.63, 3.8) is 0 Å². The van der Waals surface area contributed by atoms with Gasteiger partial charge in [0.2, 0.25) is 5.76 Å². The summed E-state index contributed by atoms with van der Waals surface area (Å²) >= 11 is 3.36. The lowest BCUT2D eigenvalue weighted by molar-refractivity contribution is 0.0730. The minimum absolute atomic E-state index is 0.0385. The van der Waals surface area contributed by atoms with Gasteiger partial charge in [-0.1, -0.05) is 24.3 Å². The quantitative estimate of drug-likeness (QED) is 0.371. The fraction of sp³-hybridized carbons (Fsp3) is 0.185. The average Bonchev–Trinajstić information content (AvgIpc) is 3.16. The Hall–Kier alpha value is -3.78. The van der Waals surface area contributed by atoms with E-state index in [0.29, 0.717) is 34.0 Å². The number of hydrogen-bond acceptors (Lipinski definition) is 6. The molecule has 1 N–H and O–H groups in total. The molecule has 2 heterocycles. The van der Waals surface area contributed by atoms with Crippen LogP contribution in [0.2, 0.25) is 0 Å². The SMILES string of the molecule is COc1ccc(CCN2C(=O)c3oc4ccccc4c(=O)c3C2c2cc(Br)c(O)c(OC)c2)cc1. The summed E-state index contributed by atoms with van der Waals surface area (Å²) in [6, 6.07) is 17.1. The molecule has 1 aliphatic heterocycles. The second-order valence-electron chi connectivity index (χ2n) is 8.22. The van der Waals surface area contributed by atoms with E-state index in [2.05, 4.69) is 15.9 Å². The molecule has 0 bridgehead atoms. The van der Waals surface area contributed by atoms with E-state index < -0.39 is 6.04 Å². The Morgan fingerprint density at radius 2 is 1.77 bits per heavy atom. The fourth-order valence-electron chi connectivity index (χ4n) is 4.49. The third-order valence-electron chi connectivity index (χ3n) is 6.26. The van der Waals surface area contributed by atoms with E-state index >= 15 is 0 Å². The molecule has 1 aromatic heterocycles. The zero-order chi connectivity index (χ0) is 24.7. The number of rotatable bonds is 6. The number of phenols is 1. The molecule has 5 rings (SSSR count). The van der Waals surface area contributed by atoms with Gasteiger partial charge in [-0.2, -0.15) is 0 Å². The van der Waals surface area contributed by atoms with Gasteiger partial charge in [-0.05, 0) is 69.9 Å². The van der Waals surface area contributed by atoms with Gasteiger partial charge in [-0.3, -0.25) is 9.59 Å². The summed E-state index contributed by atoms with van der Waals surface area (Å²) in [6.07, 6.45) is 0.560. The van der Waals surface area contributed by atoms with Gasteiger partial charge in [0.05, 0.1) is 35.7 Å². The number of halogens is 1.